The summed E-state index contributed by atoms with van der Waals surface area (Å²) < 4.78 is 6.00. The molecule has 0 saturated carbocycles. The molecular formula is C22H23Cl2NO. The minimum absolute atomic E-state index is 0. The molecule has 0 heterocycles. The van der Waals surface area contributed by atoms with Gasteiger partial charge < -0.3 is 10.1 Å². The predicted octanol–water partition coefficient (Wildman–Crippen LogP) is 5.94. The van der Waals surface area contributed by atoms with Crippen molar-refractivity contribution in [2.45, 2.75) is 26.6 Å². The second kappa shape index (κ2) is 10.2. The summed E-state index contributed by atoms with van der Waals surface area (Å²) in [7, 11) is 0. The lowest BCUT2D eigenvalue weighted by Gasteiger charge is -2.13. The molecule has 26 heavy (non-hydrogen) atoms. The van der Waals surface area contributed by atoms with E-state index in [1.165, 1.54) is 11.1 Å². The minimum atomic E-state index is 0. The largest absolute Gasteiger partial charge is 0.489 e. The summed E-state index contributed by atoms with van der Waals surface area (Å²) in [5.41, 5.74) is 4.69. The molecule has 0 bridgehead atoms. The third-order valence-electron chi connectivity index (χ3n) is 4.08. The monoisotopic (exact) mass is 387 g/mol. The van der Waals surface area contributed by atoms with Crippen LogP contribution >= 0.6 is 24.0 Å². The van der Waals surface area contributed by atoms with E-state index >= 15 is 0 Å². The third-order valence-corrected chi connectivity index (χ3v) is 4.45. The van der Waals surface area contributed by atoms with Gasteiger partial charge in [-0.15, -0.1) is 12.4 Å². The van der Waals surface area contributed by atoms with Gasteiger partial charge in [-0.3, -0.25) is 0 Å². The molecule has 0 aliphatic rings. The lowest BCUT2D eigenvalue weighted by atomic mass is 10.1. The zero-order valence-electron chi connectivity index (χ0n) is 14.7. The van der Waals surface area contributed by atoms with Crippen molar-refractivity contribution < 1.29 is 4.74 Å². The number of benzene rings is 3. The first-order chi connectivity index (χ1) is 12.2. The Kier molecular flexibility index (Phi) is 7.99. The van der Waals surface area contributed by atoms with Gasteiger partial charge in [-0.05, 0) is 24.6 Å². The number of rotatable bonds is 7. The van der Waals surface area contributed by atoms with Gasteiger partial charge in [0.05, 0.1) is 0 Å². The molecule has 0 radical (unpaired) electrons. The van der Waals surface area contributed by atoms with Gasteiger partial charge in [0.15, 0.2) is 0 Å². The van der Waals surface area contributed by atoms with Gasteiger partial charge in [-0.25, -0.2) is 0 Å². The smallest absolute Gasteiger partial charge is 0.124 e. The minimum Gasteiger partial charge on any atom is -0.489 e. The van der Waals surface area contributed by atoms with Crippen LogP contribution in [0.25, 0.3) is 0 Å². The van der Waals surface area contributed by atoms with Crippen molar-refractivity contribution in [2.75, 3.05) is 0 Å². The molecule has 2 nitrogen and oxygen atoms in total. The number of para-hydroxylation sites is 1. The Morgan fingerprint density at radius 3 is 2.19 bits per heavy atom. The standard InChI is InChI=1S/C22H22ClNO.ClH/c1-17-10-12-18(13-11-17)14-24-15-19-6-3-5-9-22(19)25-16-20-7-2-4-8-21(20)23;/h2-13,24H,14-16H2,1H3;1H. The SMILES string of the molecule is Cc1ccc(CNCc2ccccc2OCc2ccccc2Cl)cc1.Cl. The highest BCUT2D eigenvalue weighted by molar-refractivity contribution is 6.31. The molecule has 0 atom stereocenters. The molecule has 136 valence electrons. The highest BCUT2D eigenvalue weighted by Crippen LogP contribution is 2.22. The molecule has 0 spiro atoms. The summed E-state index contributed by atoms with van der Waals surface area (Å²) in [6, 6.07) is 24.5. The highest BCUT2D eigenvalue weighted by Gasteiger charge is 2.05. The van der Waals surface area contributed by atoms with E-state index in [0.29, 0.717) is 6.61 Å². The normalized spacial score (nSPS) is 10.2. The second-order valence-corrected chi connectivity index (χ2v) is 6.48. The molecule has 3 rings (SSSR count). The molecular weight excluding hydrogens is 365 g/mol. The second-order valence-electron chi connectivity index (χ2n) is 6.08. The Bertz CT molecular complexity index is 818. The molecule has 3 aromatic carbocycles. The van der Waals surface area contributed by atoms with E-state index in [0.717, 1.165) is 35.0 Å². The lowest BCUT2D eigenvalue weighted by Crippen LogP contribution is -2.13. The van der Waals surface area contributed by atoms with Crippen LogP contribution in [0.4, 0.5) is 0 Å². The number of nitrogens with one attached hydrogen (secondary N) is 1. The summed E-state index contributed by atoms with van der Waals surface area (Å²) in [6.07, 6.45) is 0. The molecule has 1 N–H and O–H groups in total. The molecule has 0 fully saturated rings. The van der Waals surface area contributed by atoms with Crippen LogP contribution in [0, 0.1) is 6.92 Å². The predicted molar refractivity (Wildman–Crippen MR) is 111 cm³/mol. The first-order valence-electron chi connectivity index (χ1n) is 8.43. The van der Waals surface area contributed by atoms with Crippen molar-refractivity contribution in [1.29, 1.82) is 0 Å². The van der Waals surface area contributed by atoms with Crippen molar-refractivity contribution in [2.24, 2.45) is 0 Å². The Balaban J connectivity index is 0.00000243. The molecule has 0 aliphatic heterocycles. The molecule has 0 aliphatic carbocycles. The fraction of sp³-hybridized carbons (Fsp3) is 0.182. The molecule has 0 amide bonds. The Hall–Kier alpha value is -2.00. The van der Waals surface area contributed by atoms with Crippen LogP contribution in [-0.4, -0.2) is 0 Å². The molecule has 0 unspecified atom stereocenters. The maximum atomic E-state index is 6.20. The fourth-order valence-electron chi connectivity index (χ4n) is 2.61. The topological polar surface area (TPSA) is 21.3 Å². The van der Waals surface area contributed by atoms with E-state index in [1.54, 1.807) is 0 Å². The fourth-order valence-corrected chi connectivity index (χ4v) is 2.80. The molecule has 3 aromatic rings. The number of ether oxygens (including phenoxy) is 1. The van der Waals surface area contributed by atoms with Gasteiger partial charge in [0.1, 0.15) is 12.4 Å². The van der Waals surface area contributed by atoms with Crippen LogP contribution < -0.4 is 10.1 Å². The highest BCUT2D eigenvalue weighted by atomic mass is 35.5. The maximum absolute atomic E-state index is 6.20. The number of hydrogen-bond donors (Lipinski definition) is 1. The first-order valence-corrected chi connectivity index (χ1v) is 8.80. The van der Waals surface area contributed by atoms with Crippen molar-refractivity contribution in [3.05, 3.63) is 100 Å². The Morgan fingerprint density at radius 1 is 0.808 bits per heavy atom. The number of hydrogen-bond acceptors (Lipinski definition) is 2. The van der Waals surface area contributed by atoms with Crippen LogP contribution in [0.3, 0.4) is 0 Å². The van der Waals surface area contributed by atoms with E-state index in [4.69, 9.17) is 16.3 Å². The quantitative estimate of drug-likeness (QED) is 0.541. The van der Waals surface area contributed by atoms with Gasteiger partial charge in [0.2, 0.25) is 0 Å². The lowest BCUT2D eigenvalue weighted by molar-refractivity contribution is 0.302. The first kappa shape index (κ1) is 20.3. The Labute approximate surface area is 166 Å². The maximum Gasteiger partial charge on any atom is 0.124 e. The molecule has 0 aromatic heterocycles. The van der Waals surface area contributed by atoms with Crippen LogP contribution in [-0.2, 0) is 19.7 Å². The summed E-state index contributed by atoms with van der Waals surface area (Å²) in [5, 5.41) is 4.22. The van der Waals surface area contributed by atoms with Crippen LogP contribution in [0.15, 0.2) is 72.8 Å². The summed E-state index contributed by atoms with van der Waals surface area (Å²) in [4.78, 5) is 0. The van der Waals surface area contributed by atoms with Gasteiger partial charge in [0.25, 0.3) is 0 Å². The van der Waals surface area contributed by atoms with E-state index in [2.05, 4.69) is 42.6 Å². The number of aryl methyl sites for hydroxylation is 1. The van der Waals surface area contributed by atoms with E-state index in [1.807, 2.05) is 42.5 Å². The number of halogens is 2. The summed E-state index contributed by atoms with van der Waals surface area (Å²) >= 11 is 6.20. The van der Waals surface area contributed by atoms with Crippen molar-refractivity contribution >= 4 is 24.0 Å². The van der Waals surface area contributed by atoms with E-state index in [-0.39, 0.29) is 12.4 Å². The van der Waals surface area contributed by atoms with Gasteiger partial charge >= 0.3 is 0 Å². The summed E-state index contributed by atoms with van der Waals surface area (Å²) in [6.45, 7) is 4.16. The average molecular weight is 388 g/mol. The van der Waals surface area contributed by atoms with Crippen LogP contribution in [0.5, 0.6) is 5.75 Å². The third kappa shape index (κ3) is 5.77. The van der Waals surface area contributed by atoms with Gasteiger partial charge in [-0.2, -0.15) is 0 Å². The Morgan fingerprint density at radius 2 is 1.46 bits per heavy atom. The van der Waals surface area contributed by atoms with E-state index < -0.39 is 0 Å². The van der Waals surface area contributed by atoms with Crippen molar-refractivity contribution in [3.63, 3.8) is 0 Å². The average Bonchev–Trinajstić information content (AvgIpc) is 2.64. The van der Waals surface area contributed by atoms with Crippen molar-refractivity contribution in [3.8, 4) is 5.75 Å². The zero-order valence-corrected chi connectivity index (χ0v) is 16.3. The van der Waals surface area contributed by atoms with Gasteiger partial charge in [0, 0.05) is 29.2 Å². The molecule has 4 heteroatoms. The van der Waals surface area contributed by atoms with Crippen LogP contribution in [0.1, 0.15) is 22.3 Å². The molecule has 0 saturated heterocycles. The van der Waals surface area contributed by atoms with Crippen molar-refractivity contribution in [1.82, 2.24) is 5.32 Å². The van der Waals surface area contributed by atoms with E-state index in [9.17, 15) is 0 Å². The van der Waals surface area contributed by atoms with Crippen LogP contribution in [0.2, 0.25) is 5.02 Å². The zero-order chi connectivity index (χ0) is 17.5. The summed E-state index contributed by atoms with van der Waals surface area (Å²) in [5.74, 6) is 0.888. The van der Waals surface area contributed by atoms with Gasteiger partial charge in [-0.1, -0.05) is 77.8 Å².